The maximum Gasteiger partial charge on any atom is 0.343 e. The molecule has 0 saturated carbocycles. The van der Waals surface area contributed by atoms with Crippen molar-refractivity contribution in [3.05, 3.63) is 93.0 Å². The molecule has 0 saturated heterocycles. The molecule has 0 heterocycles. The Balaban J connectivity index is 2.34. The fourth-order valence-corrected chi connectivity index (χ4v) is 6.44. The van der Waals surface area contributed by atoms with Crippen LogP contribution in [-0.2, 0) is 0 Å². The highest BCUT2D eigenvalue weighted by Crippen LogP contribution is 2.51. The second-order valence-corrected chi connectivity index (χ2v) is 11.4. The lowest BCUT2D eigenvalue weighted by Crippen LogP contribution is -2.18. The standard InChI is InChI=1S/C38H38O16/c1-47-21-9-17(10-22(48-2)31(21)35(39)40)29(18-11-23(49-3)32(36(41)42)24(12-18)50-4)30(19-13-25(51-5)33(37(43)44)26(14-19)52-6)20-15-27(53-7)34(38(45)46)28(16-20)54-8/h9-16,29-30H,1-8H3,(H,39,40)(H,41,42)(H,43,44)(H,45,46). The summed E-state index contributed by atoms with van der Waals surface area (Å²) in [7, 11) is 10.2. The zero-order chi connectivity index (χ0) is 40.0. The number of carbonyl (C=O) groups is 4. The second-order valence-electron chi connectivity index (χ2n) is 11.4. The van der Waals surface area contributed by atoms with E-state index in [9.17, 15) is 39.6 Å². The molecule has 4 aromatic carbocycles. The van der Waals surface area contributed by atoms with E-state index in [-0.39, 0.29) is 68.2 Å². The van der Waals surface area contributed by atoms with Crippen LogP contribution in [0.4, 0.5) is 0 Å². The Morgan fingerprint density at radius 2 is 0.463 bits per heavy atom. The van der Waals surface area contributed by atoms with Gasteiger partial charge < -0.3 is 58.3 Å². The predicted octanol–water partition coefficient (Wildman–Crippen LogP) is 5.51. The second kappa shape index (κ2) is 16.7. The summed E-state index contributed by atoms with van der Waals surface area (Å²) in [6.07, 6.45) is 0. The number of carboxylic acids is 4. The normalized spacial score (nSPS) is 10.8. The first-order valence-electron chi connectivity index (χ1n) is 15.7. The first-order valence-corrected chi connectivity index (χ1v) is 15.7. The molecule has 16 nitrogen and oxygen atoms in total. The van der Waals surface area contributed by atoms with Gasteiger partial charge >= 0.3 is 23.9 Å². The fraction of sp³-hybridized carbons (Fsp3) is 0.263. The number of carboxylic acid groups (broad SMARTS) is 4. The highest BCUT2D eigenvalue weighted by atomic mass is 16.5. The third kappa shape index (κ3) is 7.39. The molecule has 286 valence electrons. The van der Waals surface area contributed by atoms with Gasteiger partial charge in [-0.2, -0.15) is 0 Å². The molecule has 0 aliphatic carbocycles. The summed E-state index contributed by atoms with van der Waals surface area (Å²) in [5.41, 5.74) is 0.130. The summed E-state index contributed by atoms with van der Waals surface area (Å²) < 4.78 is 44.3. The fourth-order valence-electron chi connectivity index (χ4n) is 6.44. The number of benzene rings is 4. The number of aromatic carboxylic acids is 4. The molecule has 0 unspecified atom stereocenters. The van der Waals surface area contributed by atoms with Gasteiger partial charge in [0, 0.05) is 11.8 Å². The summed E-state index contributed by atoms with van der Waals surface area (Å²) in [6, 6.07) is 11.6. The number of rotatable bonds is 17. The van der Waals surface area contributed by atoms with Crippen LogP contribution in [0.5, 0.6) is 46.0 Å². The molecule has 16 heteroatoms. The van der Waals surface area contributed by atoms with E-state index >= 15 is 0 Å². The largest absolute Gasteiger partial charge is 0.496 e. The van der Waals surface area contributed by atoms with E-state index in [0.717, 1.165) is 0 Å². The SMILES string of the molecule is COc1cc(C(c2cc(OC)c(C(=O)O)c(OC)c2)C(c2cc(OC)c(C(=O)O)c(OC)c2)c2cc(OC)c(C(=O)O)c(OC)c2)cc(OC)c1C(=O)O. The maximum absolute atomic E-state index is 12.4. The highest BCUT2D eigenvalue weighted by molar-refractivity contribution is 5.97. The Hall–Kier alpha value is -6.84. The van der Waals surface area contributed by atoms with Crippen LogP contribution in [0.3, 0.4) is 0 Å². The Bertz CT molecular complexity index is 1710. The van der Waals surface area contributed by atoms with Crippen LogP contribution in [0.2, 0.25) is 0 Å². The average molecular weight is 751 g/mol. The van der Waals surface area contributed by atoms with Crippen LogP contribution in [0.15, 0.2) is 48.5 Å². The van der Waals surface area contributed by atoms with Crippen molar-refractivity contribution in [1.29, 1.82) is 0 Å². The molecule has 0 atom stereocenters. The molecular weight excluding hydrogens is 712 g/mol. The van der Waals surface area contributed by atoms with Gasteiger partial charge in [-0.15, -0.1) is 0 Å². The molecule has 4 rings (SSSR count). The minimum absolute atomic E-state index is 0.102. The molecule has 0 bridgehead atoms. The maximum atomic E-state index is 12.4. The summed E-state index contributed by atoms with van der Waals surface area (Å²) >= 11 is 0. The average Bonchev–Trinajstić information content (AvgIpc) is 3.16. The van der Waals surface area contributed by atoms with Crippen molar-refractivity contribution >= 4 is 23.9 Å². The zero-order valence-electron chi connectivity index (χ0n) is 30.5. The van der Waals surface area contributed by atoms with Crippen molar-refractivity contribution < 1.29 is 77.5 Å². The number of ether oxygens (including phenoxy) is 8. The monoisotopic (exact) mass is 750 g/mol. The van der Waals surface area contributed by atoms with Gasteiger partial charge in [0.05, 0.1) is 56.9 Å². The van der Waals surface area contributed by atoms with Gasteiger partial charge in [-0.25, -0.2) is 19.2 Å². The summed E-state index contributed by atoms with van der Waals surface area (Å²) in [6.45, 7) is 0. The molecule has 0 fully saturated rings. The van der Waals surface area contributed by atoms with Crippen molar-refractivity contribution in [2.45, 2.75) is 11.8 Å². The molecule has 4 aromatic rings. The molecule has 0 amide bonds. The lowest BCUT2D eigenvalue weighted by atomic mass is 9.72. The minimum Gasteiger partial charge on any atom is -0.496 e. The van der Waals surface area contributed by atoms with Crippen molar-refractivity contribution in [3.63, 3.8) is 0 Å². The number of hydrogen-bond acceptors (Lipinski definition) is 12. The highest BCUT2D eigenvalue weighted by Gasteiger charge is 2.36. The summed E-state index contributed by atoms with van der Waals surface area (Å²) in [5, 5.41) is 40.4. The Morgan fingerprint density at radius 3 is 0.556 bits per heavy atom. The molecule has 0 aliphatic heterocycles. The third-order valence-corrected chi connectivity index (χ3v) is 8.74. The Morgan fingerprint density at radius 1 is 0.333 bits per heavy atom. The molecule has 54 heavy (non-hydrogen) atoms. The van der Waals surface area contributed by atoms with Crippen LogP contribution >= 0.6 is 0 Å². The van der Waals surface area contributed by atoms with Crippen molar-refractivity contribution in [2.75, 3.05) is 56.9 Å². The third-order valence-electron chi connectivity index (χ3n) is 8.74. The van der Waals surface area contributed by atoms with Crippen LogP contribution in [0.1, 0.15) is 75.5 Å². The molecule has 4 N–H and O–H groups in total. The molecule has 0 aromatic heterocycles. The molecule has 0 spiro atoms. The zero-order valence-corrected chi connectivity index (χ0v) is 30.5. The van der Waals surface area contributed by atoms with E-state index < -0.39 is 35.7 Å². The minimum atomic E-state index is -1.35. The van der Waals surface area contributed by atoms with E-state index in [0.29, 0.717) is 22.3 Å². The first kappa shape index (κ1) is 39.9. The van der Waals surface area contributed by atoms with Gasteiger partial charge in [0.15, 0.2) is 0 Å². The number of methoxy groups -OCH3 is 8. The summed E-state index contributed by atoms with van der Waals surface area (Å²) in [4.78, 5) is 49.7. The van der Waals surface area contributed by atoms with Crippen LogP contribution in [0, 0.1) is 0 Å². The Kier molecular flexibility index (Phi) is 12.3. The van der Waals surface area contributed by atoms with E-state index in [1.807, 2.05) is 0 Å². The predicted molar refractivity (Wildman–Crippen MR) is 190 cm³/mol. The smallest absolute Gasteiger partial charge is 0.343 e. The van der Waals surface area contributed by atoms with Crippen LogP contribution < -0.4 is 37.9 Å². The van der Waals surface area contributed by atoms with Gasteiger partial charge in [-0.05, 0) is 70.8 Å². The van der Waals surface area contributed by atoms with Crippen molar-refractivity contribution in [2.24, 2.45) is 0 Å². The van der Waals surface area contributed by atoms with E-state index in [1.54, 1.807) is 0 Å². The first-order chi connectivity index (χ1) is 25.7. The van der Waals surface area contributed by atoms with E-state index in [2.05, 4.69) is 0 Å². The number of hydrogen-bond donors (Lipinski definition) is 4. The van der Waals surface area contributed by atoms with Crippen molar-refractivity contribution in [1.82, 2.24) is 0 Å². The molecule has 0 aliphatic rings. The van der Waals surface area contributed by atoms with Crippen LogP contribution in [-0.4, -0.2) is 101 Å². The van der Waals surface area contributed by atoms with Crippen molar-refractivity contribution in [3.8, 4) is 46.0 Å². The van der Waals surface area contributed by atoms with Gasteiger partial charge in [0.1, 0.15) is 68.2 Å². The summed E-state index contributed by atoms with van der Waals surface area (Å²) in [5.74, 6) is -8.32. The van der Waals surface area contributed by atoms with Gasteiger partial charge in [0.2, 0.25) is 0 Å². The van der Waals surface area contributed by atoms with E-state index in [4.69, 9.17) is 37.9 Å². The lowest BCUT2D eigenvalue weighted by molar-refractivity contribution is 0.0678. The van der Waals surface area contributed by atoms with Crippen LogP contribution in [0.25, 0.3) is 0 Å². The van der Waals surface area contributed by atoms with E-state index in [1.165, 1.54) is 105 Å². The quantitative estimate of drug-likeness (QED) is 0.104. The Labute approximate surface area is 308 Å². The topological polar surface area (TPSA) is 223 Å². The molecular formula is C38H38O16. The van der Waals surface area contributed by atoms with Gasteiger partial charge in [-0.3, -0.25) is 0 Å². The molecule has 0 radical (unpaired) electrons. The van der Waals surface area contributed by atoms with Gasteiger partial charge in [-0.1, -0.05) is 0 Å². The lowest BCUT2D eigenvalue weighted by Gasteiger charge is -2.32. The van der Waals surface area contributed by atoms with Gasteiger partial charge in [0.25, 0.3) is 0 Å².